The van der Waals surface area contributed by atoms with Gasteiger partial charge in [-0.05, 0) is 19.3 Å². The highest BCUT2D eigenvalue weighted by Crippen LogP contribution is 2.24. The van der Waals surface area contributed by atoms with E-state index in [1.54, 1.807) is 24.0 Å². The van der Waals surface area contributed by atoms with Crippen molar-refractivity contribution in [3.8, 4) is 10.7 Å². The zero-order valence-electron chi connectivity index (χ0n) is 11.7. The Labute approximate surface area is 130 Å². The van der Waals surface area contributed by atoms with Crippen LogP contribution < -0.4 is 0 Å². The zero-order chi connectivity index (χ0) is 15.5. The van der Waals surface area contributed by atoms with Gasteiger partial charge in [0.05, 0.1) is 6.20 Å². The number of hydrogen-bond donors (Lipinski definition) is 1. The first-order valence-electron chi connectivity index (χ1n) is 6.92. The van der Waals surface area contributed by atoms with E-state index in [9.17, 15) is 14.7 Å². The molecule has 1 fully saturated rings. The first-order chi connectivity index (χ1) is 10.7. The number of likely N-dealkylation sites (tertiary alicyclic amines) is 1. The summed E-state index contributed by atoms with van der Waals surface area (Å²) in [6.07, 6.45) is 6.83. The van der Waals surface area contributed by atoms with Crippen molar-refractivity contribution in [3.63, 3.8) is 0 Å². The van der Waals surface area contributed by atoms with E-state index in [0.717, 1.165) is 12.8 Å². The number of carbonyl (C=O) groups is 2. The maximum atomic E-state index is 12.5. The maximum absolute atomic E-state index is 12.5. The van der Waals surface area contributed by atoms with Gasteiger partial charge in [0, 0.05) is 24.3 Å². The minimum absolute atomic E-state index is 0.263. The van der Waals surface area contributed by atoms with Gasteiger partial charge >= 0.3 is 5.97 Å². The van der Waals surface area contributed by atoms with Crippen LogP contribution in [-0.4, -0.2) is 49.4 Å². The summed E-state index contributed by atoms with van der Waals surface area (Å²) in [4.78, 5) is 37.6. The molecule has 2 aromatic heterocycles. The number of carboxylic acid groups (broad SMARTS) is 1. The summed E-state index contributed by atoms with van der Waals surface area (Å²) in [5, 5.41) is 11.5. The van der Waals surface area contributed by atoms with Crippen molar-refractivity contribution in [2.45, 2.75) is 25.3 Å². The molecule has 0 spiro atoms. The quantitative estimate of drug-likeness (QED) is 0.925. The van der Waals surface area contributed by atoms with Crippen LogP contribution in [0.15, 0.2) is 24.0 Å². The predicted octanol–water partition coefficient (Wildman–Crippen LogP) is 1.68. The van der Waals surface area contributed by atoms with Crippen molar-refractivity contribution in [2.75, 3.05) is 6.54 Å². The van der Waals surface area contributed by atoms with E-state index in [1.807, 2.05) is 0 Å². The Morgan fingerprint density at radius 3 is 2.91 bits per heavy atom. The molecule has 1 amide bonds. The van der Waals surface area contributed by atoms with Gasteiger partial charge in [-0.1, -0.05) is 0 Å². The van der Waals surface area contributed by atoms with Crippen LogP contribution in [0, 0.1) is 0 Å². The van der Waals surface area contributed by atoms with E-state index in [-0.39, 0.29) is 11.6 Å². The summed E-state index contributed by atoms with van der Waals surface area (Å²) < 4.78 is 0. The van der Waals surface area contributed by atoms with Gasteiger partial charge in [0.2, 0.25) is 0 Å². The molecule has 0 saturated carbocycles. The number of rotatable bonds is 3. The second-order valence-corrected chi connectivity index (χ2v) is 5.84. The maximum Gasteiger partial charge on any atom is 0.326 e. The highest BCUT2D eigenvalue weighted by atomic mass is 32.1. The number of nitrogens with zero attached hydrogens (tertiary/aromatic N) is 4. The fourth-order valence-electron chi connectivity index (χ4n) is 2.48. The molecule has 114 valence electrons. The third kappa shape index (κ3) is 2.82. The van der Waals surface area contributed by atoms with Crippen LogP contribution >= 0.6 is 11.3 Å². The van der Waals surface area contributed by atoms with Crippen LogP contribution in [-0.2, 0) is 4.79 Å². The predicted molar refractivity (Wildman–Crippen MR) is 79.5 cm³/mol. The van der Waals surface area contributed by atoms with Crippen molar-refractivity contribution < 1.29 is 14.7 Å². The lowest BCUT2D eigenvalue weighted by atomic mass is 10.0. The van der Waals surface area contributed by atoms with Crippen LogP contribution in [0.1, 0.15) is 29.8 Å². The Kier molecular flexibility index (Phi) is 4.10. The normalized spacial score (nSPS) is 18.2. The van der Waals surface area contributed by atoms with Gasteiger partial charge < -0.3 is 10.0 Å². The minimum atomic E-state index is -0.961. The zero-order valence-corrected chi connectivity index (χ0v) is 12.5. The highest BCUT2D eigenvalue weighted by Gasteiger charge is 2.33. The van der Waals surface area contributed by atoms with Gasteiger partial charge in [0.1, 0.15) is 22.4 Å². The molecule has 1 aliphatic heterocycles. The van der Waals surface area contributed by atoms with Gasteiger partial charge in [-0.15, -0.1) is 11.3 Å². The van der Waals surface area contributed by atoms with Crippen LogP contribution in [0.2, 0.25) is 0 Å². The number of aliphatic carboxylic acids is 1. The lowest BCUT2D eigenvalue weighted by molar-refractivity contribution is -0.143. The Hall–Kier alpha value is -2.35. The molecule has 2 aromatic rings. The van der Waals surface area contributed by atoms with Crippen molar-refractivity contribution in [3.05, 3.63) is 29.7 Å². The lowest BCUT2D eigenvalue weighted by Gasteiger charge is -2.32. The number of thiazole rings is 1. The molecular formula is C14H14N4O3S. The summed E-state index contributed by atoms with van der Waals surface area (Å²) in [5.74, 6) is -1.30. The van der Waals surface area contributed by atoms with E-state index < -0.39 is 12.0 Å². The van der Waals surface area contributed by atoms with E-state index in [1.165, 1.54) is 16.2 Å². The third-order valence-corrected chi connectivity index (χ3v) is 4.42. The molecule has 1 aliphatic rings. The monoisotopic (exact) mass is 318 g/mol. The summed E-state index contributed by atoms with van der Waals surface area (Å²) in [6, 6.07) is -0.761. The molecule has 3 rings (SSSR count). The van der Waals surface area contributed by atoms with Crippen LogP contribution in [0.4, 0.5) is 0 Å². The molecule has 7 nitrogen and oxygen atoms in total. The fraction of sp³-hybridized carbons (Fsp3) is 0.357. The number of aromatic nitrogens is 3. The summed E-state index contributed by atoms with van der Waals surface area (Å²) in [6.45, 7) is 0.452. The Morgan fingerprint density at radius 1 is 1.32 bits per heavy atom. The SMILES string of the molecule is O=C(O)C1CCCCN1C(=O)c1csc(-c2cnccn2)n1. The summed E-state index contributed by atoms with van der Waals surface area (Å²) in [5.41, 5.74) is 0.860. The Balaban J connectivity index is 1.83. The van der Waals surface area contributed by atoms with Crippen molar-refractivity contribution >= 4 is 23.2 Å². The first kappa shape index (κ1) is 14.6. The molecule has 1 saturated heterocycles. The number of piperidine rings is 1. The fourth-order valence-corrected chi connectivity index (χ4v) is 3.23. The van der Waals surface area contributed by atoms with Crippen LogP contribution in [0.25, 0.3) is 10.7 Å². The smallest absolute Gasteiger partial charge is 0.326 e. The molecule has 1 atom stereocenters. The van der Waals surface area contributed by atoms with Crippen molar-refractivity contribution in [2.24, 2.45) is 0 Å². The van der Waals surface area contributed by atoms with Gasteiger partial charge in [-0.3, -0.25) is 14.8 Å². The average Bonchev–Trinajstić information content (AvgIpc) is 3.05. The molecule has 3 heterocycles. The average molecular weight is 318 g/mol. The third-order valence-electron chi connectivity index (χ3n) is 3.55. The molecule has 0 radical (unpaired) electrons. The molecular weight excluding hydrogens is 304 g/mol. The highest BCUT2D eigenvalue weighted by molar-refractivity contribution is 7.13. The van der Waals surface area contributed by atoms with E-state index in [2.05, 4.69) is 15.0 Å². The molecule has 22 heavy (non-hydrogen) atoms. The van der Waals surface area contributed by atoms with Gasteiger partial charge in [0.25, 0.3) is 5.91 Å². The minimum Gasteiger partial charge on any atom is -0.480 e. The number of carbonyl (C=O) groups excluding carboxylic acids is 1. The van der Waals surface area contributed by atoms with Crippen molar-refractivity contribution in [1.82, 2.24) is 19.9 Å². The lowest BCUT2D eigenvalue weighted by Crippen LogP contribution is -2.48. The summed E-state index contributed by atoms with van der Waals surface area (Å²) >= 11 is 1.30. The Morgan fingerprint density at radius 2 is 2.18 bits per heavy atom. The molecule has 0 bridgehead atoms. The van der Waals surface area contributed by atoms with E-state index in [4.69, 9.17) is 0 Å². The molecule has 1 N–H and O–H groups in total. The van der Waals surface area contributed by atoms with Gasteiger partial charge in [-0.2, -0.15) is 0 Å². The Bertz CT molecular complexity index is 688. The number of carboxylic acids is 1. The van der Waals surface area contributed by atoms with Crippen LogP contribution in [0.5, 0.6) is 0 Å². The van der Waals surface area contributed by atoms with Gasteiger partial charge in [-0.25, -0.2) is 9.78 Å². The molecule has 1 unspecified atom stereocenters. The second kappa shape index (κ2) is 6.18. The topological polar surface area (TPSA) is 96.3 Å². The second-order valence-electron chi connectivity index (χ2n) is 4.98. The molecule has 0 aliphatic carbocycles. The van der Waals surface area contributed by atoms with E-state index in [0.29, 0.717) is 23.7 Å². The standard InChI is InChI=1S/C14H14N4O3S/c19-13(18-6-2-1-3-11(18)14(20)21)10-8-22-12(17-10)9-7-15-4-5-16-9/h4-5,7-8,11H,1-3,6H2,(H,20,21). The first-order valence-corrected chi connectivity index (χ1v) is 7.80. The molecule has 8 heteroatoms. The summed E-state index contributed by atoms with van der Waals surface area (Å²) in [7, 11) is 0. The number of amides is 1. The van der Waals surface area contributed by atoms with Gasteiger partial charge in [0.15, 0.2) is 0 Å². The van der Waals surface area contributed by atoms with Crippen molar-refractivity contribution in [1.29, 1.82) is 0 Å². The molecule has 0 aromatic carbocycles. The van der Waals surface area contributed by atoms with Crippen LogP contribution in [0.3, 0.4) is 0 Å². The van der Waals surface area contributed by atoms with E-state index >= 15 is 0 Å². The number of hydrogen-bond acceptors (Lipinski definition) is 6. The largest absolute Gasteiger partial charge is 0.480 e.